The highest BCUT2D eigenvalue weighted by Crippen LogP contribution is 2.39. The predicted molar refractivity (Wildman–Crippen MR) is 53.6 cm³/mol. The Kier molecular flexibility index (Phi) is 3.12. The highest BCUT2D eigenvalue weighted by Gasteiger charge is 2.33. The lowest BCUT2D eigenvalue weighted by molar-refractivity contribution is 0.275. The van der Waals surface area contributed by atoms with Gasteiger partial charge in [0.15, 0.2) is 0 Å². The second kappa shape index (κ2) is 4.12. The summed E-state index contributed by atoms with van der Waals surface area (Å²) < 4.78 is 0. The van der Waals surface area contributed by atoms with E-state index in [1.54, 1.807) is 0 Å². The number of hydrogen-bond acceptors (Lipinski definition) is 2. The zero-order valence-electron chi connectivity index (χ0n) is 7.90. The summed E-state index contributed by atoms with van der Waals surface area (Å²) in [4.78, 5) is 0. The first-order valence-electron chi connectivity index (χ1n) is 4.49. The van der Waals surface area contributed by atoms with Gasteiger partial charge in [-0.2, -0.15) is 0 Å². The summed E-state index contributed by atoms with van der Waals surface area (Å²) in [7, 11) is 0. The molecule has 0 bridgehead atoms. The number of nitrogens with two attached hydrogens (primary N) is 1. The highest BCUT2D eigenvalue weighted by atomic mass is 16.4. The summed E-state index contributed by atoms with van der Waals surface area (Å²) in [6.45, 7) is 5.75. The standard InChI is InChI=1S/C10H16N2O/c1-3-7(4-2)8-5-9(6-8)10(11)12-13/h3-4,8-9,13H,1,5-6H2,2H3,(H2,11,12)/b7-4+. The second-order valence-electron chi connectivity index (χ2n) is 3.38. The minimum Gasteiger partial charge on any atom is -0.409 e. The molecular weight excluding hydrogens is 164 g/mol. The molecule has 0 aliphatic heterocycles. The Bertz CT molecular complexity index is 250. The van der Waals surface area contributed by atoms with Gasteiger partial charge in [-0.25, -0.2) is 0 Å². The maximum absolute atomic E-state index is 8.44. The van der Waals surface area contributed by atoms with E-state index in [1.807, 2.05) is 13.0 Å². The zero-order chi connectivity index (χ0) is 9.84. The molecule has 3 nitrogen and oxygen atoms in total. The monoisotopic (exact) mass is 180 g/mol. The molecular formula is C10H16N2O. The molecule has 0 aromatic heterocycles. The van der Waals surface area contributed by atoms with Crippen molar-refractivity contribution in [1.29, 1.82) is 0 Å². The molecule has 0 aromatic carbocycles. The maximum atomic E-state index is 8.44. The molecule has 0 unspecified atom stereocenters. The zero-order valence-corrected chi connectivity index (χ0v) is 7.90. The number of allylic oxidation sites excluding steroid dienone is 3. The molecule has 1 aliphatic rings. The molecule has 0 aromatic rings. The van der Waals surface area contributed by atoms with Gasteiger partial charge in [-0.05, 0) is 31.3 Å². The van der Waals surface area contributed by atoms with E-state index in [1.165, 1.54) is 5.57 Å². The van der Waals surface area contributed by atoms with Crippen molar-refractivity contribution in [3.63, 3.8) is 0 Å². The van der Waals surface area contributed by atoms with Crippen molar-refractivity contribution in [2.24, 2.45) is 22.7 Å². The molecule has 0 saturated heterocycles. The first-order chi connectivity index (χ1) is 6.22. The summed E-state index contributed by atoms with van der Waals surface area (Å²) in [5, 5.41) is 11.4. The summed E-state index contributed by atoms with van der Waals surface area (Å²) >= 11 is 0. The molecule has 3 heteroatoms. The van der Waals surface area contributed by atoms with Gasteiger partial charge in [0.05, 0.1) is 0 Å². The topological polar surface area (TPSA) is 58.6 Å². The van der Waals surface area contributed by atoms with Crippen LogP contribution in [0, 0.1) is 11.8 Å². The quantitative estimate of drug-likeness (QED) is 0.229. The molecule has 13 heavy (non-hydrogen) atoms. The summed E-state index contributed by atoms with van der Waals surface area (Å²) in [5.41, 5.74) is 6.74. The van der Waals surface area contributed by atoms with Crippen LogP contribution in [0.4, 0.5) is 0 Å². The SMILES string of the molecule is C=C/C(=C\C)C1CC(/C(N)=N/O)C1. The van der Waals surface area contributed by atoms with Crippen molar-refractivity contribution in [2.45, 2.75) is 19.8 Å². The van der Waals surface area contributed by atoms with E-state index in [0.717, 1.165) is 12.8 Å². The molecule has 0 amide bonds. The van der Waals surface area contributed by atoms with Gasteiger partial charge in [-0.1, -0.05) is 23.9 Å². The van der Waals surface area contributed by atoms with Crippen LogP contribution in [-0.4, -0.2) is 11.0 Å². The van der Waals surface area contributed by atoms with Gasteiger partial charge in [0.2, 0.25) is 0 Å². The van der Waals surface area contributed by atoms with Gasteiger partial charge in [-0.3, -0.25) is 0 Å². The molecule has 0 atom stereocenters. The van der Waals surface area contributed by atoms with Crippen LogP contribution in [0.25, 0.3) is 0 Å². The average Bonchev–Trinajstić information content (AvgIpc) is 2.09. The predicted octanol–water partition coefficient (Wildman–Crippen LogP) is 1.89. The van der Waals surface area contributed by atoms with E-state index in [9.17, 15) is 0 Å². The van der Waals surface area contributed by atoms with Crippen molar-refractivity contribution in [2.75, 3.05) is 0 Å². The van der Waals surface area contributed by atoms with E-state index in [2.05, 4.69) is 17.8 Å². The lowest BCUT2D eigenvalue weighted by Gasteiger charge is -2.35. The van der Waals surface area contributed by atoms with Crippen LogP contribution in [0.2, 0.25) is 0 Å². The van der Waals surface area contributed by atoms with Crippen LogP contribution >= 0.6 is 0 Å². The van der Waals surface area contributed by atoms with Gasteiger partial charge < -0.3 is 10.9 Å². The van der Waals surface area contributed by atoms with E-state index in [-0.39, 0.29) is 5.92 Å². The summed E-state index contributed by atoms with van der Waals surface area (Å²) in [6, 6.07) is 0. The number of hydrogen-bond donors (Lipinski definition) is 2. The van der Waals surface area contributed by atoms with E-state index in [0.29, 0.717) is 11.8 Å². The third kappa shape index (κ3) is 1.91. The number of amidine groups is 1. The first kappa shape index (κ1) is 9.84. The van der Waals surface area contributed by atoms with Gasteiger partial charge in [0.25, 0.3) is 0 Å². The van der Waals surface area contributed by atoms with Gasteiger partial charge in [0, 0.05) is 5.92 Å². The van der Waals surface area contributed by atoms with Gasteiger partial charge in [0.1, 0.15) is 5.84 Å². The fourth-order valence-corrected chi connectivity index (χ4v) is 1.73. The van der Waals surface area contributed by atoms with Crippen molar-refractivity contribution >= 4 is 5.84 Å². The number of oxime groups is 1. The van der Waals surface area contributed by atoms with Crippen molar-refractivity contribution < 1.29 is 5.21 Å². The van der Waals surface area contributed by atoms with E-state index in [4.69, 9.17) is 10.9 Å². The second-order valence-corrected chi connectivity index (χ2v) is 3.38. The molecule has 1 rings (SSSR count). The highest BCUT2D eigenvalue weighted by molar-refractivity contribution is 5.83. The summed E-state index contributed by atoms with van der Waals surface area (Å²) in [5.74, 6) is 1.16. The number of nitrogens with zero attached hydrogens (tertiary/aromatic N) is 1. The van der Waals surface area contributed by atoms with E-state index < -0.39 is 0 Å². The molecule has 0 radical (unpaired) electrons. The summed E-state index contributed by atoms with van der Waals surface area (Å²) in [6.07, 6.45) is 5.90. The van der Waals surface area contributed by atoms with Crippen molar-refractivity contribution in [3.05, 3.63) is 24.3 Å². The molecule has 0 heterocycles. The Morgan fingerprint density at radius 2 is 2.15 bits per heavy atom. The minimum absolute atomic E-state index is 0.255. The molecule has 1 aliphatic carbocycles. The Morgan fingerprint density at radius 3 is 2.54 bits per heavy atom. The van der Waals surface area contributed by atoms with Crippen LogP contribution in [0.3, 0.4) is 0 Å². The lowest BCUT2D eigenvalue weighted by Crippen LogP contribution is -2.35. The molecule has 0 spiro atoms. The minimum atomic E-state index is 0.255. The molecule has 72 valence electrons. The Morgan fingerprint density at radius 1 is 1.54 bits per heavy atom. The van der Waals surface area contributed by atoms with Crippen LogP contribution in [0.15, 0.2) is 29.5 Å². The van der Waals surface area contributed by atoms with Gasteiger partial charge in [-0.15, -0.1) is 0 Å². The Balaban J connectivity index is 2.46. The normalized spacial score (nSPS) is 29.6. The van der Waals surface area contributed by atoms with Crippen LogP contribution in [0.5, 0.6) is 0 Å². The lowest BCUT2D eigenvalue weighted by atomic mass is 9.70. The Hall–Kier alpha value is -1.25. The molecule has 1 fully saturated rings. The van der Waals surface area contributed by atoms with Gasteiger partial charge >= 0.3 is 0 Å². The van der Waals surface area contributed by atoms with Crippen LogP contribution in [-0.2, 0) is 0 Å². The Labute approximate surface area is 78.6 Å². The van der Waals surface area contributed by atoms with E-state index >= 15 is 0 Å². The maximum Gasteiger partial charge on any atom is 0.142 e. The molecule has 1 saturated carbocycles. The fraction of sp³-hybridized carbons (Fsp3) is 0.500. The van der Waals surface area contributed by atoms with Crippen molar-refractivity contribution in [3.8, 4) is 0 Å². The largest absolute Gasteiger partial charge is 0.409 e. The smallest absolute Gasteiger partial charge is 0.142 e. The third-order valence-corrected chi connectivity index (χ3v) is 2.71. The van der Waals surface area contributed by atoms with Crippen LogP contribution < -0.4 is 5.73 Å². The molecule has 3 N–H and O–H groups in total. The fourth-order valence-electron chi connectivity index (χ4n) is 1.73. The average molecular weight is 180 g/mol. The number of rotatable bonds is 3. The third-order valence-electron chi connectivity index (χ3n) is 2.71. The van der Waals surface area contributed by atoms with Crippen molar-refractivity contribution in [1.82, 2.24) is 0 Å². The first-order valence-corrected chi connectivity index (χ1v) is 4.49. The van der Waals surface area contributed by atoms with Crippen LogP contribution in [0.1, 0.15) is 19.8 Å².